The molecule has 0 aliphatic carbocycles. The lowest BCUT2D eigenvalue weighted by Crippen LogP contribution is -2.14. The van der Waals surface area contributed by atoms with Gasteiger partial charge in [-0.15, -0.1) is 0 Å². The summed E-state index contributed by atoms with van der Waals surface area (Å²) in [6.07, 6.45) is 22.6. The molecule has 2 nitrogen and oxygen atoms in total. The minimum absolute atomic E-state index is 0.104. The van der Waals surface area contributed by atoms with Crippen LogP contribution in [0.15, 0.2) is 0 Å². The van der Waals surface area contributed by atoms with Crippen molar-refractivity contribution in [3.63, 3.8) is 0 Å². The topological polar surface area (TPSA) is 37.3 Å². The number of hydrogen-bond donors (Lipinski definition) is 1. The highest BCUT2D eigenvalue weighted by Crippen LogP contribution is 2.22. The van der Waals surface area contributed by atoms with Gasteiger partial charge in [-0.3, -0.25) is 4.79 Å². The average molecular weight is 369 g/mol. The van der Waals surface area contributed by atoms with Crippen molar-refractivity contribution in [3.05, 3.63) is 0 Å². The van der Waals surface area contributed by atoms with E-state index in [1.807, 2.05) is 0 Å². The van der Waals surface area contributed by atoms with Gasteiger partial charge in [-0.1, -0.05) is 124 Å². The molecule has 1 unspecified atom stereocenters. The molecule has 0 saturated heterocycles. The molecule has 156 valence electrons. The van der Waals surface area contributed by atoms with Crippen molar-refractivity contribution >= 4 is 5.97 Å². The van der Waals surface area contributed by atoms with Crippen LogP contribution in [0.2, 0.25) is 0 Å². The first-order valence-corrected chi connectivity index (χ1v) is 11.9. The van der Waals surface area contributed by atoms with E-state index in [0.29, 0.717) is 0 Å². The number of unbranched alkanes of at least 4 members (excludes halogenated alkanes) is 11. The maximum atomic E-state index is 11.4. The highest BCUT2D eigenvalue weighted by atomic mass is 16.4. The Labute approximate surface area is 164 Å². The molecule has 0 radical (unpaired) electrons. The highest BCUT2D eigenvalue weighted by Gasteiger charge is 2.17. The van der Waals surface area contributed by atoms with Gasteiger partial charge in [-0.25, -0.2) is 0 Å². The Kier molecular flexibility index (Phi) is 18.8. The molecular formula is C24H48O2. The summed E-state index contributed by atoms with van der Waals surface area (Å²) < 4.78 is 0. The molecule has 0 saturated carbocycles. The Morgan fingerprint density at radius 3 is 1.46 bits per heavy atom. The fourth-order valence-electron chi connectivity index (χ4n) is 3.97. The first-order chi connectivity index (χ1) is 12.7. The molecule has 0 aromatic rings. The molecule has 0 heterocycles. The monoisotopic (exact) mass is 368 g/mol. The van der Waals surface area contributed by atoms with E-state index < -0.39 is 5.97 Å². The van der Waals surface area contributed by atoms with E-state index in [2.05, 4.69) is 20.8 Å². The highest BCUT2D eigenvalue weighted by molar-refractivity contribution is 5.69. The normalized spacial score (nSPS) is 12.6. The van der Waals surface area contributed by atoms with Crippen LogP contribution < -0.4 is 0 Å². The predicted molar refractivity (Wildman–Crippen MR) is 115 cm³/mol. The largest absolute Gasteiger partial charge is 0.481 e. The molecule has 26 heavy (non-hydrogen) atoms. The van der Waals surface area contributed by atoms with Gasteiger partial charge in [-0.05, 0) is 18.8 Å². The second-order valence-electron chi connectivity index (χ2n) is 8.33. The van der Waals surface area contributed by atoms with Crippen molar-refractivity contribution in [1.82, 2.24) is 0 Å². The van der Waals surface area contributed by atoms with E-state index in [1.54, 1.807) is 0 Å². The van der Waals surface area contributed by atoms with Crippen LogP contribution in [0.1, 0.15) is 136 Å². The summed E-state index contributed by atoms with van der Waals surface area (Å²) >= 11 is 0. The molecule has 0 spiro atoms. The second-order valence-corrected chi connectivity index (χ2v) is 8.33. The quantitative estimate of drug-likeness (QED) is 0.219. The van der Waals surface area contributed by atoms with Crippen LogP contribution in [-0.2, 0) is 4.79 Å². The maximum absolute atomic E-state index is 11.4. The number of carboxylic acids is 1. The van der Waals surface area contributed by atoms with E-state index >= 15 is 0 Å². The van der Waals surface area contributed by atoms with Gasteiger partial charge in [0.1, 0.15) is 0 Å². The van der Waals surface area contributed by atoms with E-state index in [-0.39, 0.29) is 5.92 Å². The van der Waals surface area contributed by atoms with Gasteiger partial charge >= 0.3 is 5.97 Å². The molecule has 0 aromatic heterocycles. The van der Waals surface area contributed by atoms with Crippen LogP contribution in [0, 0.1) is 11.8 Å². The van der Waals surface area contributed by atoms with Crippen LogP contribution in [0.5, 0.6) is 0 Å². The van der Waals surface area contributed by atoms with Gasteiger partial charge in [-0.2, -0.15) is 0 Å². The number of carbonyl (C=O) groups is 1. The van der Waals surface area contributed by atoms with Crippen molar-refractivity contribution in [1.29, 1.82) is 0 Å². The summed E-state index contributed by atoms with van der Waals surface area (Å²) in [6, 6.07) is 0. The fourth-order valence-corrected chi connectivity index (χ4v) is 3.97. The Morgan fingerprint density at radius 2 is 1.04 bits per heavy atom. The number of carboxylic acid groups (broad SMARTS) is 1. The van der Waals surface area contributed by atoms with E-state index in [4.69, 9.17) is 0 Å². The van der Waals surface area contributed by atoms with Crippen molar-refractivity contribution in [2.75, 3.05) is 0 Å². The van der Waals surface area contributed by atoms with Gasteiger partial charge in [0.25, 0.3) is 0 Å². The van der Waals surface area contributed by atoms with E-state index in [9.17, 15) is 9.90 Å². The molecule has 0 aliphatic heterocycles. The number of aliphatic carboxylic acids is 1. The molecule has 0 amide bonds. The number of rotatable bonds is 20. The summed E-state index contributed by atoms with van der Waals surface area (Å²) in [5.74, 6) is 0.112. The molecule has 0 bridgehead atoms. The summed E-state index contributed by atoms with van der Waals surface area (Å²) in [5.41, 5.74) is 0. The third-order valence-corrected chi connectivity index (χ3v) is 6.08. The van der Waals surface area contributed by atoms with Crippen LogP contribution >= 0.6 is 0 Å². The van der Waals surface area contributed by atoms with Crippen LogP contribution in [0.3, 0.4) is 0 Å². The van der Waals surface area contributed by atoms with Crippen LogP contribution in [0.25, 0.3) is 0 Å². The zero-order chi connectivity index (χ0) is 19.5. The molecule has 1 N–H and O–H groups in total. The molecular weight excluding hydrogens is 320 g/mol. The van der Waals surface area contributed by atoms with Gasteiger partial charge in [0.2, 0.25) is 0 Å². The zero-order valence-corrected chi connectivity index (χ0v) is 18.2. The lowest BCUT2D eigenvalue weighted by atomic mass is 9.91. The third kappa shape index (κ3) is 15.7. The predicted octanol–water partition coefficient (Wildman–Crippen LogP) is 8.38. The van der Waals surface area contributed by atoms with Crippen molar-refractivity contribution in [2.45, 2.75) is 136 Å². The van der Waals surface area contributed by atoms with Crippen LogP contribution in [0.4, 0.5) is 0 Å². The Morgan fingerprint density at radius 1 is 0.615 bits per heavy atom. The minimum atomic E-state index is -0.572. The van der Waals surface area contributed by atoms with Gasteiger partial charge in [0.15, 0.2) is 0 Å². The van der Waals surface area contributed by atoms with Gasteiger partial charge in [0, 0.05) is 0 Å². The van der Waals surface area contributed by atoms with Gasteiger partial charge < -0.3 is 5.11 Å². The minimum Gasteiger partial charge on any atom is -0.481 e. The SMILES string of the molecule is CCCCCCCCCCCCCCC(CCCC(CC)CC)C(=O)O. The summed E-state index contributed by atoms with van der Waals surface area (Å²) in [4.78, 5) is 11.4. The Balaban J connectivity index is 3.53. The average Bonchev–Trinajstić information content (AvgIpc) is 2.64. The zero-order valence-electron chi connectivity index (χ0n) is 18.2. The van der Waals surface area contributed by atoms with E-state index in [0.717, 1.165) is 31.6 Å². The first-order valence-electron chi connectivity index (χ1n) is 11.9. The fraction of sp³-hybridized carbons (Fsp3) is 0.958. The smallest absolute Gasteiger partial charge is 0.306 e. The van der Waals surface area contributed by atoms with Crippen LogP contribution in [-0.4, -0.2) is 11.1 Å². The lowest BCUT2D eigenvalue weighted by Gasteiger charge is -2.15. The van der Waals surface area contributed by atoms with Crippen molar-refractivity contribution < 1.29 is 9.90 Å². The standard InChI is InChI=1S/C24H48O2/c1-4-7-8-9-10-11-12-13-14-15-16-17-20-23(24(25)26)21-18-19-22(5-2)6-3/h22-23H,4-21H2,1-3H3,(H,25,26). The Hall–Kier alpha value is -0.530. The van der Waals surface area contributed by atoms with Crippen molar-refractivity contribution in [3.8, 4) is 0 Å². The van der Waals surface area contributed by atoms with Gasteiger partial charge in [0.05, 0.1) is 5.92 Å². The summed E-state index contributed by atoms with van der Waals surface area (Å²) in [6.45, 7) is 6.76. The molecule has 2 heteroatoms. The van der Waals surface area contributed by atoms with E-state index in [1.165, 1.54) is 89.9 Å². The second kappa shape index (κ2) is 19.2. The lowest BCUT2D eigenvalue weighted by molar-refractivity contribution is -0.142. The molecule has 0 aromatic carbocycles. The maximum Gasteiger partial charge on any atom is 0.306 e. The molecule has 0 aliphatic rings. The Bertz CT molecular complexity index is 297. The summed E-state index contributed by atoms with van der Waals surface area (Å²) in [7, 11) is 0. The first kappa shape index (κ1) is 25.5. The third-order valence-electron chi connectivity index (χ3n) is 6.08. The summed E-state index contributed by atoms with van der Waals surface area (Å²) in [5, 5.41) is 9.43. The van der Waals surface area contributed by atoms with Crippen molar-refractivity contribution in [2.24, 2.45) is 11.8 Å². The molecule has 0 fully saturated rings. The molecule has 1 atom stereocenters. The number of hydrogen-bond acceptors (Lipinski definition) is 1. The molecule has 0 rings (SSSR count).